The van der Waals surface area contributed by atoms with E-state index in [9.17, 15) is 5.11 Å². The highest BCUT2D eigenvalue weighted by atomic mass is 16.5. The lowest BCUT2D eigenvalue weighted by atomic mass is 9.83. The summed E-state index contributed by atoms with van der Waals surface area (Å²) < 4.78 is 5.44. The van der Waals surface area contributed by atoms with Crippen molar-refractivity contribution in [3.8, 4) is 5.75 Å². The summed E-state index contributed by atoms with van der Waals surface area (Å²) in [5, 5.41) is 13.3. The minimum atomic E-state index is -0.125. The van der Waals surface area contributed by atoms with Gasteiger partial charge in [0.25, 0.3) is 0 Å². The number of aliphatic hydroxyl groups excluding tert-OH is 1. The van der Waals surface area contributed by atoms with Gasteiger partial charge in [-0.3, -0.25) is 0 Å². The van der Waals surface area contributed by atoms with E-state index >= 15 is 0 Å². The minimum absolute atomic E-state index is 0.125. The lowest BCUT2D eigenvalue weighted by Gasteiger charge is -2.26. The highest BCUT2D eigenvalue weighted by Crippen LogP contribution is 2.33. The number of nitrogens with one attached hydrogen (secondary N) is 1. The molecule has 1 aliphatic carbocycles. The molecule has 1 aromatic heterocycles. The number of hydrogen-bond acceptors (Lipinski definition) is 5. The van der Waals surface area contributed by atoms with E-state index in [1.54, 1.807) is 7.11 Å². The van der Waals surface area contributed by atoms with Crippen LogP contribution in [0.1, 0.15) is 36.9 Å². The van der Waals surface area contributed by atoms with E-state index in [-0.39, 0.29) is 6.10 Å². The highest BCUT2D eigenvalue weighted by Gasteiger charge is 2.21. The number of hydrogen-bond donors (Lipinski definition) is 2. The standard InChI is InChI=1S/C23H27N3O2/c1-15-23(25-21-6-4-3-5-20(21)24-15)26-22-14-19(28-2)12-9-17(22)13-16-7-10-18(27)11-8-16/h3-6,9,12,14,16,18,27H,7-8,10-11,13H2,1-2H3,(H,25,26). The summed E-state index contributed by atoms with van der Waals surface area (Å²) in [6, 6.07) is 14.1. The second-order valence-corrected chi connectivity index (χ2v) is 7.67. The van der Waals surface area contributed by atoms with Gasteiger partial charge < -0.3 is 15.2 Å². The molecule has 0 unspecified atom stereocenters. The van der Waals surface area contributed by atoms with E-state index < -0.39 is 0 Å². The molecule has 0 amide bonds. The molecule has 0 atom stereocenters. The fraction of sp³-hybridized carbons (Fsp3) is 0.391. The third kappa shape index (κ3) is 4.09. The predicted molar refractivity (Wildman–Crippen MR) is 112 cm³/mol. The van der Waals surface area contributed by atoms with Crippen molar-refractivity contribution in [3.05, 3.63) is 53.7 Å². The summed E-state index contributed by atoms with van der Waals surface area (Å²) in [6.07, 6.45) is 4.81. The maximum Gasteiger partial charge on any atom is 0.152 e. The molecule has 0 spiro atoms. The molecule has 0 bridgehead atoms. The Balaban J connectivity index is 1.63. The van der Waals surface area contributed by atoms with Crippen LogP contribution in [-0.4, -0.2) is 28.3 Å². The first kappa shape index (κ1) is 18.7. The fourth-order valence-corrected chi connectivity index (χ4v) is 3.97. The Bertz CT molecular complexity index is 965. The summed E-state index contributed by atoms with van der Waals surface area (Å²) in [6.45, 7) is 1.98. The van der Waals surface area contributed by atoms with Gasteiger partial charge in [-0.1, -0.05) is 18.2 Å². The lowest BCUT2D eigenvalue weighted by Crippen LogP contribution is -2.20. The minimum Gasteiger partial charge on any atom is -0.497 e. The molecule has 1 fully saturated rings. The van der Waals surface area contributed by atoms with Crippen molar-refractivity contribution in [1.82, 2.24) is 9.97 Å². The first-order valence-electron chi connectivity index (χ1n) is 9.98. The molecule has 4 rings (SSSR count). The van der Waals surface area contributed by atoms with Crippen molar-refractivity contribution in [3.63, 3.8) is 0 Å². The Kier molecular flexibility index (Phi) is 5.44. The van der Waals surface area contributed by atoms with Gasteiger partial charge in [-0.25, -0.2) is 9.97 Å². The number of fused-ring (bicyclic) bond motifs is 1. The zero-order valence-corrected chi connectivity index (χ0v) is 16.5. The van der Waals surface area contributed by atoms with E-state index in [2.05, 4.69) is 16.4 Å². The van der Waals surface area contributed by atoms with Gasteiger partial charge >= 0.3 is 0 Å². The second kappa shape index (κ2) is 8.15. The smallest absolute Gasteiger partial charge is 0.152 e. The molecule has 1 heterocycles. The zero-order valence-electron chi connectivity index (χ0n) is 16.5. The normalized spacial score (nSPS) is 19.5. The van der Waals surface area contributed by atoms with Crippen LogP contribution in [0.15, 0.2) is 42.5 Å². The van der Waals surface area contributed by atoms with E-state index in [4.69, 9.17) is 9.72 Å². The van der Waals surface area contributed by atoms with Crippen molar-refractivity contribution in [2.24, 2.45) is 5.92 Å². The second-order valence-electron chi connectivity index (χ2n) is 7.67. The molecule has 28 heavy (non-hydrogen) atoms. The molecule has 3 aromatic rings. The van der Waals surface area contributed by atoms with Crippen LogP contribution in [-0.2, 0) is 6.42 Å². The van der Waals surface area contributed by atoms with Gasteiger partial charge in [0.2, 0.25) is 0 Å². The Labute approximate surface area is 165 Å². The van der Waals surface area contributed by atoms with Crippen molar-refractivity contribution in [2.75, 3.05) is 12.4 Å². The van der Waals surface area contributed by atoms with Crippen LogP contribution in [0.5, 0.6) is 5.75 Å². The van der Waals surface area contributed by atoms with Gasteiger partial charge in [-0.15, -0.1) is 0 Å². The van der Waals surface area contributed by atoms with Crippen LogP contribution < -0.4 is 10.1 Å². The van der Waals surface area contributed by atoms with Crippen LogP contribution in [0.3, 0.4) is 0 Å². The number of methoxy groups -OCH3 is 1. The van der Waals surface area contributed by atoms with E-state index in [1.807, 2.05) is 43.3 Å². The molecule has 146 valence electrons. The van der Waals surface area contributed by atoms with Crippen molar-refractivity contribution >= 4 is 22.5 Å². The molecule has 1 aliphatic rings. The molecule has 0 saturated heterocycles. The van der Waals surface area contributed by atoms with E-state index in [0.29, 0.717) is 5.92 Å². The van der Waals surface area contributed by atoms with Crippen molar-refractivity contribution in [2.45, 2.75) is 45.1 Å². The summed E-state index contributed by atoms with van der Waals surface area (Å²) in [5.41, 5.74) is 4.90. The Morgan fingerprint density at radius 3 is 2.46 bits per heavy atom. The van der Waals surface area contributed by atoms with Gasteiger partial charge in [-0.05, 0) is 68.7 Å². The monoisotopic (exact) mass is 377 g/mol. The number of benzene rings is 2. The lowest BCUT2D eigenvalue weighted by molar-refractivity contribution is 0.109. The third-order valence-electron chi connectivity index (χ3n) is 5.64. The Hall–Kier alpha value is -2.66. The quantitative estimate of drug-likeness (QED) is 0.669. The number of rotatable bonds is 5. The van der Waals surface area contributed by atoms with E-state index in [1.165, 1.54) is 5.56 Å². The number of nitrogens with zero attached hydrogens (tertiary/aromatic N) is 2. The SMILES string of the molecule is COc1ccc(CC2CCC(O)CC2)c(Nc2nc3ccccc3nc2C)c1. The molecule has 0 aliphatic heterocycles. The molecule has 2 N–H and O–H groups in total. The van der Waals surface area contributed by atoms with Crippen LogP contribution in [0.25, 0.3) is 11.0 Å². The number of para-hydroxylation sites is 2. The fourth-order valence-electron chi connectivity index (χ4n) is 3.97. The predicted octanol–water partition coefficient (Wildman–Crippen LogP) is 4.78. The maximum absolute atomic E-state index is 9.78. The average molecular weight is 377 g/mol. The van der Waals surface area contributed by atoms with E-state index in [0.717, 1.165) is 66.1 Å². The van der Waals surface area contributed by atoms with Gasteiger partial charge in [0.15, 0.2) is 5.82 Å². The molecular weight excluding hydrogens is 350 g/mol. The highest BCUT2D eigenvalue weighted by molar-refractivity contribution is 5.77. The van der Waals surface area contributed by atoms with Gasteiger partial charge in [-0.2, -0.15) is 0 Å². The van der Waals surface area contributed by atoms with Crippen LogP contribution in [0, 0.1) is 12.8 Å². The Morgan fingerprint density at radius 1 is 1.04 bits per heavy atom. The summed E-state index contributed by atoms with van der Waals surface area (Å²) >= 11 is 0. The van der Waals surface area contributed by atoms with Gasteiger partial charge in [0.1, 0.15) is 5.75 Å². The number of ether oxygens (including phenoxy) is 1. The van der Waals surface area contributed by atoms with Crippen LogP contribution in [0.2, 0.25) is 0 Å². The average Bonchev–Trinajstić information content (AvgIpc) is 2.71. The van der Waals surface area contributed by atoms with Crippen molar-refractivity contribution in [1.29, 1.82) is 0 Å². The zero-order chi connectivity index (χ0) is 19.5. The molecule has 0 radical (unpaired) electrons. The van der Waals surface area contributed by atoms with Crippen LogP contribution >= 0.6 is 0 Å². The van der Waals surface area contributed by atoms with Crippen LogP contribution in [0.4, 0.5) is 11.5 Å². The summed E-state index contributed by atoms with van der Waals surface area (Å²) in [5.74, 6) is 2.19. The third-order valence-corrected chi connectivity index (χ3v) is 5.64. The molecule has 5 nitrogen and oxygen atoms in total. The maximum atomic E-state index is 9.78. The molecule has 1 saturated carbocycles. The van der Waals surface area contributed by atoms with Gasteiger partial charge in [0.05, 0.1) is 29.9 Å². The Morgan fingerprint density at radius 2 is 1.75 bits per heavy atom. The number of anilines is 2. The molecule has 2 aromatic carbocycles. The summed E-state index contributed by atoms with van der Waals surface area (Å²) in [7, 11) is 1.68. The topological polar surface area (TPSA) is 67.3 Å². The van der Waals surface area contributed by atoms with Gasteiger partial charge in [0, 0.05) is 11.8 Å². The largest absolute Gasteiger partial charge is 0.497 e. The first-order valence-corrected chi connectivity index (χ1v) is 9.98. The number of aliphatic hydroxyl groups is 1. The molecular formula is C23H27N3O2. The number of aryl methyl sites for hydroxylation is 1. The first-order chi connectivity index (χ1) is 13.6. The molecule has 5 heteroatoms. The number of aromatic nitrogens is 2. The summed E-state index contributed by atoms with van der Waals surface area (Å²) in [4.78, 5) is 9.46. The van der Waals surface area contributed by atoms with Crippen molar-refractivity contribution < 1.29 is 9.84 Å².